The van der Waals surface area contributed by atoms with E-state index in [1.807, 2.05) is 0 Å². The maximum absolute atomic E-state index is 9.06. The highest BCUT2D eigenvalue weighted by atomic mass is 16.5. The second kappa shape index (κ2) is 4.12. The summed E-state index contributed by atoms with van der Waals surface area (Å²) in [5.41, 5.74) is 0.386. The zero-order valence-corrected chi connectivity index (χ0v) is 7.83. The summed E-state index contributed by atoms with van der Waals surface area (Å²) in [4.78, 5) is 3.88. The van der Waals surface area contributed by atoms with E-state index in [0.717, 1.165) is 25.9 Å². The van der Waals surface area contributed by atoms with Gasteiger partial charge in [0, 0.05) is 12.8 Å². The molecule has 0 radical (unpaired) electrons. The highest BCUT2D eigenvalue weighted by Crippen LogP contribution is 2.20. The Balaban J connectivity index is 2.17. The molecule has 1 unspecified atom stereocenters. The smallest absolute Gasteiger partial charge is 0.422 e. The van der Waals surface area contributed by atoms with Gasteiger partial charge < -0.3 is 19.4 Å². The van der Waals surface area contributed by atoms with Gasteiger partial charge in [-0.05, 0) is 19.3 Å². The quantitative estimate of drug-likeness (QED) is 0.611. The molecule has 2 rings (SSSR count). The van der Waals surface area contributed by atoms with Crippen molar-refractivity contribution in [3.63, 3.8) is 0 Å². The van der Waals surface area contributed by atoms with Gasteiger partial charge in [0.25, 0.3) is 0 Å². The van der Waals surface area contributed by atoms with Gasteiger partial charge in [0.15, 0.2) is 0 Å². The molecule has 1 aliphatic rings. The van der Waals surface area contributed by atoms with Crippen molar-refractivity contribution < 1.29 is 14.8 Å². The largest absolute Gasteiger partial charge is 0.507 e. The Hall–Kier alpha value is -0.845. The standard InChI is InChI=1S/C8H13BN2O3/c12-9(13)7-5-10-6-11(7)8-3-1-2-4-14-8/h5-6,8,12-13H,1-4H2. The molecule has 5 nitrogen and oxygen atoms in total. The normalized spacial score (nSPS) is 22.3. The van der Waals surface area contributed by atoms with Gasteiger partial charge in [0.1, 0.15) is 6.23 Å². The molecular formula is C8H13BN2O3. The molecule has 1 aliphatic heterocycles. The van der Waals surface area contributed by atoms with Crippen molar-refractivity contribution in [1.82, 2.24) is 9.55 Å². The highest BCUT2D eigenvalue weighted by molar-refractivity contribution is 6.57. The zero-order valence-electron chi connectivity index (χ0n) is 7.83. The van der Waals surface area contributed by atoms with Gasteiger partial charge in [0.05, 0.1) is 11.9 Å². The van der Waals surface area contributed by atoms with Crippen LogP contribution in [0.25, 0.3) is 0 Å². The fourth-order valence-electron chi connectivity index (χ4n) is 1.70. The highest BCUT2D eigenvalue weighted by Gasteiger charge is 2.23. The Morgan fingerprint density at radius 3 is 3.00 bits per heavy atom. The summed E-state index contributed by atoms with van der Waals surface area (Å²) in [6.07, 6.45) is 6.00. The summed E-state index contributed by atoms with van der Waals surface area (Å²) in [6.45, 7) is 0.726. The van der Waals surface area contributed by atoms with Crippen molar-refractivity contribution in [2.24, 2.45) is 0 Å². The van der Waals surface area contributed by atoms with Gasteiger partial charge in [-0.2, -0.15) is 0 Å². The van der Waals surface area contributed by atoms with Crippen LogP contribution >= 0.6 is 0 Å². The summed E-state index contributed by atoms with van der Waals surface area (Å²) < 4.78 is 7.20. The predicted molar refractivity (Wildman–Crippen MR) is 50.9 cm³/mol. The van der Waals surface area contributed by atoms with E-state index in [-0.39, 0.29) is 6.23 Å². The summed E-state index contributed by atoms with van der Waals surface area (Å²) >= 11 is 0. The van der Waals surface area contributed by atoms with Gasteiger partial charge in [-0.15, -0.1) is 0 Å². The van der Waals surface area contributed by atoms with Crippen molar-refractivity contribution in [2.45, 2.75) is 25.5 Å². The number of ether oxygens (including phenoxy) is 1. The van der Waals surface area contributed by atoms with E-state index < -0.39 is 7.12 Å². The van der Waals surface area contributed by atoms with Crippen LogP contribution in [0, 0.1) is 0 Å². The first-order valence-electron chi connectivity index (χ1n) is 4.78. The molecule has 0 aromatic carbocycles. The fraction of sp³-hybridized carbons (Fsp3) is 0.625. The van der Waals surface area contributed by atoms with Gasteiger partial charge in [-0.1, -0.05) is 0 Å². The average molecular weight is 196 g/mol. The number of imidazole rings is 1. The second-order valence-corrected chi connectivity index (χ2v) is 3.42. The van der Waals surface area contributed by atoms with Crippen LogP contribution in [0.4, 0.5) is 0 Å². The summed E-state index contributed by atoms with van der Waals surface area (Å²) in [5.74, 6) is 0. The molecule has 1 aromatic rings. The molecule has 1 saturated heterocycles. The molecule has 2 N–H and O–H groups in total. The first-order chi connectivity index (χ1) is 6.79. The molecule has 0 bridgehead atoms. The van der Waals surface area contributed by atoms with Gasteiger partial charge in [-0.25, -0.2) is 4.98 Å². The van der Waals surface area contributed by atoms with Crippen molar-refractivity contribution >= 4 is 12.7 Å². The Morgan fingerprint density at radius 2 is 2.36 bits per heavy atom. The van der Waals surface area contributed by atoms with Gasteiger partial charge in [-0.3, -0.25) is 0 Å². The van der Waals surface area contributed by atoms with Crippen LogP contribution in [0.5, 0.6) is 0 Å². The van der Waals surface area contributed by atoms with Crippen molar-refractivity contribution in [2.75, 3.05) is 6.61 Å². The first-order valence-corrected chi connectivity index (χ1v) is 4.78. The molecule has 76 valence electrons. The minimum Gasteiger partial charge on any atom is -0.422 e. The predicted octanol–water partition coefficient (Wildman–Crippen LogP) is -0.738. The Kier molecular flexibility index (Phi) is 2.86. The monoisotopic (exact) mass is 196 g/mol. The van der Waals surface area contributed by atoms with Crippen LogP contribution in [-0.4, -0.2) is 33.3 Å². The lowest BCUT2D eigenvalue weighted by atomic mass is 9.86. The van der Waals surface area contributed by atoms with E-state index in [0.29, 0.717) is 5.59 Å². The number of hydrogen-bond acceptors (Lipinski definition) is 4. The second-order valence-electron chi connectivity index (χ2n) is 3.42. The molecule has 14 heavy (non-hydrogen) atoms. The molecule has 1 fully saturated rings. The van der Waals surface area contributed by atoms with E-state index in [2.05, 4.69) is 4.98 Å². The molecule has 0 spiro atoms. The molecule has 0 saturated carbocycles. The number of hydrogen-bond donors (Lipinski definition) is 2. The lowest BCUT2D eigenvalue weighted by Crippen LogP contribution is -2.38. The Labute approximate surface area is 82.5 Å². The third-order valence-electron chi connectivity index (χ3n) is 2.43. The molecular weight excluding hydrogens is 183 g/mol. The summed E-state index contributed by atoms with van der Waals surface area (Å²) in [6, 6.07) is 0. The molecule has 6 heteroatoms. The van der Waals surface area contributed by atoms with Crippen LogP contribution in [0.1, 0.15) is 25.5 Å². The van der Waals surface area contributed by atoms with Crippen LogP contribution in [0.2, 0.25) is 0 Å². The SMILES string of the molecule is OB(O)c1cncn1C1CCCCO1. The van der Waals surface area contributed by atoms with E-state index in [4.69, 9.17) is 14.8 Å². The van der Waals surface area contributed by atoms with Gasteiger partial charge in [0.2, 0.25) is 0 Å². The fourth-order valence-corrected chi connectivity index (χ4v) is 1.70. The topological polar surface area (TPSA) is 67.5 Å². The minimum atomic E-state index is -1.48. The van der Waals surface area contributed by atoms with Crippen LogP contribution < -0.4 is 5.59 Å². The number of nitrogens with zero attached hydrogens (tertiary/aromatic N) is 2. The molecule has 0 amide bonds. The molecule has 0 aliphatic carbocycles. The summed E-state index contributed by atoms with van der Waals surface area (Å²) in [7, 11) is -1.48. The molecule has 2 heterocycles. The van der Waals surface area contributed by atoms with Gasteiger partial charge >= 0.3 is 7.12 Å². The Morgan fingerprint density at radius 1 is 1.50 bits per heavy atom. The third-order valence-corrected chi connectivity index (χ3v) is 2.43. The lowest BCUT2D eigenvalue weighted by molar-refractivity contribution is -0.0306. The van der Waals surface area contributed by atoms with Crippen LogP contribution in [0.3, 0.4) is 0 Å². The maximum Gasteiger partial charge on any atom is 0.507 e. The minimum absolute atomic E-state index is 0.0944. The van der Waals surface area contributed by atoms with Crippen molar-refractivity contribution in [1.29, 1.82) is 0 Å². The lowest BCUT2D eigenvalue weighted by Gasteiger charge is -2.25. The zero-order chi connectivity index (χ0) is 9.97. The Bertz CT molecular complexity index is 297. The first kappa shape index (κ1) is 9.70. The summed E-state index contributed by atoms with van der Waals surface area (Å²) in [5, 5.41) is 18.1. The number of rotatable bonds is 2. The molecule has 1 atom stereocenters. The van der Waals surface area contributed by atoms with E-state index >= 15 is 0 Å². The third kappa shape index (κ3) is 1.82. The van der Waals surface area contributed by atoms with Crippen molar-refractivity contribution in [3.8, 4) is 0 Å². The van der Waals surface area contributed by atoms with E-state index in [9.17, 15) is 0 Å². The average Bonchev–Trinajstić information content (AvgIpc) is 2.67. The molecule has 1 aromatic heterocycles. The van der Waals surface area contributed by atoms with Crippen LogP contribution in [-0.2, 0) is 4.74 Å². The maximum atomic E-state index is 9.06. The van der Waals surface area contributed by atoms with Crippen LogP contribution in [0.15, 0.2) is 12.5 Å². The van der Waals surface area contributed by atoms with E-state index in [1.165, 1.54) is 6.20 Å². The van der Waals surface area contributed by atoms with Crippen molar-refractivity contribution in [3.05, 3.63) is 12.5 Å². The number of aromatic nitrogens is 2. The van der Waals surface area contributed by atoms with E-state index in [1.54, 1.807) is 10.9 Å².